The topological polar surface area (TPSA) is 75.9 Å². The van der Waals surface area contributed by atoms with Crippen molar-refractivity contribution >= 4 is 23.3 Å². The molecule has 1 aromatic carbocycles. The van der Waals surface area contributed by atoms with Crippen LogP contribution in [0.25, 0.3) is 0 Å². The molecule has 7 nitrogen and oxygen atoms in total. The van der Waals surface area contributed by atoms with Gasteiger partial charge in [0.1, 0.15) is 18.1 Å². The molecular weight excluding hydrogens is 391 g/mol. The van der Waals surface area contributed by atoms with Crippen molar-refractivity contribution in [2.24, 2.45) is 0 Å². The fraction of sp³-hybridized carbons (Fsp3) is 0.316. The van der Waals surface area contributed by atoms with Gasteiger partial charge in [0.25, 0.3) is 0 Å². The average molecular weight is 407 g/mol. The molecule has 1 atom stereocenters. The van der Waals surface area contributed by atoms with Crippen molar-refractivity contribution < 1.29 is 32.0 Å². The Morgan fingerprint density at radius 1 is 1.21 bits per heavy atom. The average Bonchev–Trinajstić information content (AvgIpc) is 3.34. The molecule has 1 saturated heterocycles. The summed E-state index contributed by atoms with van der Waals surface area (Å²) in [4.78, 5) is 25.4. The van der Waals surface area contributed by atoms with Gasteiger partial charge in [-0.1, -0.05) is 5.16 Å². The maximum atomic E-state index is 14.7. The number of carbonyl (C=O) groups is 2. The Hall–Kier alpha value is -3.30. The van der Waals surface area contributed by atoms with E-state index < -0.39 is 41.0 Å². The quantitative estimate of drug-likeness (QED) is 0.708. The number of aromatic nitrogens is 1. The highest BCUT2D eigenvalue weighted by atomic mass is 19.2. The number of carbonyl (C=O) groups excluding carboxylic acids is 2. The minimum absolute atomic E-state index is 0.0256. The fourth-order valence-electron chi connectivity index (χ4n) is 3.32. The number of hydrogen-bond donors (Lipinski definition) is 0. The van der Waals surface area contributed by atoms with Crippen molar-refractivity contribution in [3.8, 4) is 0 Å². The summed E-state index contributed by atoms with van der Waals surface area (Å²) < 4.78 is 53.9. The van der Waals surface area contributed by atoms with Crippen LogP contribution in [0, 0.1) is 17.5 Å². The molecule has 0 saturated carbocycles. The number of ketones is 1. The zero-order chi connectivity index (χ0) is 20.5. The molecule has 3 heterocycles. The molecule has 152 valence electrons. The van der Waals surface area contributed by atoms with E-state index in [-0.39, 0.29) is 25.3 Å². The van der Waals surface area contributed by atoms with Crippen molar-refractivity contribution in [3.63, 3.8) is 0 Å². The van der Waals surface area contributed by atoms with Crippen molar-refractivity contribution in [1.29, 1.82) is 0 Å². The molecule has 0 N–H and O–H groups in total. The fourth-order valence-corrected chi connectivity index (χ4v) is 3.32. The van der Waals surface area contributed by atoms with E-state index in [1.54, 1.807) is 6.07 Å². The molecule has 2 aromatic rings. The first kappa shape index (κ1) is 19.0. The number of halogens is 3. The molecule has 1 aromatic heterocycles. The third-order valence-corrected chi connectivity index (χ3v) is 4.82. The monoisotopic (exact) mass is 407 g/mol. The van der Waals surface area contributed by atoms with Gasteiger partial charge >= 0.3 is 6.09 Å². The number of benzene rings is 1. The Morgan fingerprint density at radius 3 is 2.72 bits per heavy atom. The van der Waals surface area contributed by atoms with Crippen molar-refractivity contribution in [2.45, 2.75) is 25.4 Å². The van der Waals surface area contributed by atoms with Gasteiger partial charge in [0.15, 0.2) is 23.2 Å². The SMILES string of the molecule is O=C1C=CN(c2c(F)cc(N3C[C@H](CCc4ccon4)OC3=O)c(F)c2F)CC1. The number of ether oxygens (including phenoxy) is 1. The van der Waals surface area contributed by atoms with Gasteiger partial charge in [0.2, 0.25) is 0 Å². The number of hydrogen-bond acceptors (Lipinski definition) is 6. The van der Waals surface area contributed by atoms with Crippen LogP contribution in [-0.4, -0.2) is 36.2 Å². The number of amides is 1. The Balaban J connectivity index is 1.54. The van der Waals surface area contributed by atoms with Crippen LogP contribution in [0.1, 0.15) is 18.5 Å². The van der Waals surface area contributed by atoms with Gasteiger partial charge in [-0.3, -0.25) is 9.69 Å². The summed E-state index contributed by atoms with van der Waals surface area (Å²) in [6, 6.07) is 2.43. The van der Waals surface area contributed by atoms with Gasteiger partial charge in [-0.2, -0.15) is 0 Å². The Kier molecular flexibility index (Phi) is 4.99. The van der Waals surface area contributed by atoms with E-state index in [0.29, 0.717) is 18.5 Å². The normalized spacial score (nSPS) is 19.2. The second-order valence-corrected chi connectivity index (χ2v) is 6.73. The Morgan fingerprint density at radius 2 is 2.03 bits per heavy atom. The molecule has 0 radical (unpaired) electrons. The highest BCUT2D eigenvalue weighted by Gasteiger charge is 2.36. The summed E-state index contributed by atoms with van der Waals surface area (Å²) in [5.41, 5.74) is -0.472. The number of rotatable bonds is 5. The minimum atomic E-state index is -1.43. The van der Waals surface area contributed by atoms with Crippen LogP contribution in [0.3, 0.4) is 0 Å². The molecular formula is C19H16F3N3O4. The minimum Gasteiger partial charge on any atom is -0.444 e. The maximum Gasteiger partial charge on any atom is 0.414 e. The van der Waals surface area contributed by atoms with Crippen molar-refractivity contribution in [2.75, 3.05) is 22.9 Å². The van der Waals surface area contributed by atoms with E-state index in [9.17, 15) is 22.8 Å². The molecule has 2 aliphatic heterocycles. The van der Waals surface area contributed by atoms with Gasteiger partial charge < -0.3 is 14.2 Å². The molecule has 0 aliphatic carbocycles. The summed E-state index contributed by atoms with van der Waals surface area (Å²) in [5.74, 6) is -4.02. The van der Waals surface area contributed by atoms with Crippen LogP contribution in [0.5, 0.6) is 0 Å². The Labute approximate surface area is 163 Å². The predicted octanol–water partition coefficient (Wildman–Crippen LogP) is 3.34. The number of nitrogens with zero attached hydrogens (tertiary/aromatic N) is 3. The van der Waals surface area contributed by atoms with Gasteiger partial charge in [0, 0.05) is 31.3 Å². The van der Waals surface area contributed by atoms with Crippen LogP contribution in [0.4, 0.5) is 29.3 Å². The van der Waals surface area contributed by atoms with Gasteiger partial charge in [-0.15, -0.1) is 0 Å². The number of aryl methyl sites for hydroxylation is 1. The second-order valence-electron chi connectivity index (χ2n) is 6.73. The lowest BCUT2D eigenvalue weighted by Crippen LogP contribution is -2.29. The van der Waals surface area contributed by atoms with Crippen LogP contribution in [0.15, 0.2) is 35.2 Å². The smallest absolute Gasteiger partial charge is 0.414 e. The summed E-state index contributed by atoms with van der Waals surface area (Å²) in [7, 11) is 0. The first-order valence-corrected chi connectivity index (χ1v) is 8.96. The van der Waals surface area contributed by atoms with E-state index in [0.717, 1.165) is 15.9 Å². The molecule has 2 aliphatic rings. The molecule has 0 unspecified atom stereocenters. The summed E-state index contributed by atoms with van der Waals surface area (Å²) in [5, 5.41) is 3.75. The largest absolute Gasteiger partial charge is 0.444 e. The van der Waals surface area contributed by atoms with Crippen LogP contribution in [0.2, 0.25) is 0 Å². The second kappa shape index (κ2) is 7.61. The first-order chi connectivity index (χ1) is 13.9. The summed E-state index contributed by atoms with van der Waals surface area (Å²) in [6.07, 6.45) is 3.24. The Bertz CT molecular complexity index is 978. The van der Waals surface area contributed by atoms with Crippen LogP contribution in [-0.2, 0) is 16.0 Å². The van der Waals surface area contributed by atoms with E-state index >= 15 is 0 Å². The van der Waals surface area contributed by atoms with Crippen molar-refractivity contribution in [1.82, 2.24) is 5.16 Å². The molecule has 0 spiro atoms. The van der Waals surface area contributed by atoms with Gasteiger partial charge in [-0.25, -0.2) is 18.0 Å². The molecule has 0 bridgehead atoms. The van der Waals surface area contributed by atoms with Crippen LogP contribution < -0.4 is 9.80 Å². The first-order valence-electron chi connectivity index (χ1n) is 8.96. The molecule has 10 heteroatoms. The zero-order valence-electron chi connectivity index (χ0n) is 15.1. The highest BCUT2D eigenvalue weighted by molar-refractivity contribution is 5.92. The number of anilines is 2. The molecule has 29 heavy (non-hydrogen) atoms. The molecule has 1 fully saturated rings. The summed E-state index contributed by atoms with van der Waals surface area (Å²) >= 11 is 0. The summed E-state index contributed by atoms with van der Waals surface area (Å²) in [6.45, 7) is -0.0260. The third-order valence-electron chi connectivity index (χ3n) is 4.82. The lowest BCUT2D eigenvalue weighted by Gasteiger charge is -2.25. The van der Waals surface area contributed by atoms with Crippen molar-refractivity contribution in [3.05, 3.63) is 53.8 Å². The maximum absolute atomic E-state index is 14.7. The van der Waals surface area contributed by atoms with Gasteiger partial charge in [0.05, 0.1) is 17.9 Å². The van der Waals surface area contributed by atoms with E-state index in [2.05, 4.69) is 5.16 Å². The number of allylic oxidation sites excluding steroid dienone is 1. The van der Waals surface area contributed by atoms with E-state index in [4.69, 9.17) is 9.26 Å². The van der Waals surface area contributed by atoms with E-state index in [1.807, 2.05) is 0 Å². The third kappa shape index (κ3) is 3.69. The standard InChI is InChI=1S/C19H16F3N3O4/c20-14-9-15(16(21)17(22)18(14)24-6-3-12(26)4-7-24)25-10-13(29-19(25)27)2-1-11-5-8-28-23-11/h3,5-6,8-9,13H,1-2,4,7,10H2/t13-/m0/s1. The molecule has 4 rings (SSSR count). The zero-order valence-corrected chi connectivity index (χ0v) is 15.1. The lowest BCUT2D eigenvalue weighted by molar-refractivity contribution is -0.114. The van der Waals surface area contributed by atoms with Gasteiger partial charge in [-0.05, 0) is 18.9 Å². The highest BCUT2D eigenvalue weighted by Crippen LogP contribution is 2.35. The van der Waals surface area contributed by atoms with Crippen LogP contribution >= 0.6 is 0 Å². The predicted molar refractivity (Wildman–Crippen MR) is 94.9 cm³/mol. The number of cyclic esters (lactones) is 1. The van der Waals surface area contributed by atoms with E-state index in [1.165, 1.54) is 18.5 Å². The molecule has 1 amide bonds. The lowest BCUT2D eigenvalue weighted by atomic mass is 10.1.